The first-order chi connectivity index (χ1) is 9.72. The fraction of sp³-hybridized carbons (Fsp3) is 0.286. The molecule has 0 aliphatic carbocycles. The minimum Gasteiger partial charge on any atom is -0.347 e. The van der Waals surface area contributed by atoms with Crippen molar-refractivity contribution in [2.45, 2.75) is 12.5 Å². The molecule has 6 heteroatoms. The lowest BCUT2D eigenvalue weighted by molar-refractivity contribution is 0.0940. The molecule has 1 aromatic heterocycles. The Bertz CT molecular complexity index is 602. The van der Waals surface area contributed by atoms with Gasteiger partial charge in [0.05, 0.1) is 0 Å². The van der Waals surface area contributed by atoms with Crippen LogP contribution >= 0.6 is 22.9 Å². The van der Waals surface area contributed by atoms with Crippen molar-refractivity contribution >= 4 is 34.0 Å². The molecule has 0 saturated carbocycles. The molecule has 1 atom stereocenters. The summed E-state index contributed by atoms with van der Waals surface area (Å²) in [5, 5.41) is 6.61. The van der Waals surface area contributed by atoms with E-state index >= 15 is 0 Å². The first-order valence-corrected chi connectivity index (χ1v) is 7.69. The van der Waals surface area contributed by atoms with E-state index in [-0.39, 0.29) is 11.9 Å². The lowest BCUT2D eigenvalue weighted by Crippen LogP contribution is -2.37. The van der Waals surface area contributed by atoms with Crippen LogP contribution in [0.15, 0.2) is 35.8 Å². The minimum atomic E-state index is -0.0708. The van der Waals surface area contributed by atoms with Crippen molar-refractivity contribution in [1.82, 2.24) is 10.3 Å². The second kappa shape index (κ2) is 5.81. The molecule has 1 aromatic carbocycles. The maximum atomic E-state index is 12.1. The van der Waals surface area contributed by atoms with E-state index in [0.29, 0.717) is 10.6 Å². The SMILES string of the molecule is O=C(NC1CCN(c2nccs2)C1)c1cccc(Cl)c1. The number of halogens is 1. The van der Waals surface area contributed by atoms with E-state index in [1.807, 2.05) is 5.38 Å². The summed E-state index contributed by atoms with van der Waals surface area (Å²) >= 11 is 7.53. The Balaban J connectivity index is 1.61. The number of thiazole rings is 1. The average molecular weight is 308 g/mol. The predicted octanol–water partition coefficient (Wildman–Crippen LogP) is 2.81. The average Bonchev–Trinajstić information content (AvgIpc) is 3.08. The number of benzene rings is 1. The van der Waals surface area contributed by atoms with Crippen molar-refractivity contribution in [3.05, 3.63) is 46.4 Å². The first-order valence-electron chi connectivity index (χ1n) is 6.43. The molecular formula is C14H14ClN3OS. The molecule has 1 N–H and O–H groups in total. The molecule has 1 amide bonds. The van der Waals surface area contributed by atoms with Crippen molar-refractivity contribution in [2.75, 3.05) is 18.0 Å². The predicted molar refractivity (Wildman–Crippen MR) is 81.7 cm³/mol. The monoisotopic (exact) mass is 307 g/mol. The van der Waals surface area contributed by atoms with Gasteiger partial charge in [-0.25, -0.2) is 4.98 Å². The van der Waals surface area contributed by atoms with Gasteiger partial charge in [-0.15, -0.1) is 11.3 Å². The van der Waals surface area contributed by atoms with Gasteiger partial charge in [0.1, 0.15) is 0 Å². The van der Waals surface area contributed by atoms with Crippen LogP contribution in [0.3, 0.4) is 0 Å². The first kappa shape index (κ1) is 13.4. The fourth-order valence-corrected chi connectivity index (χ4v) is 3.19. The number of anilines is 1. The second-order valence-corrected chi connectivity index (χ2v) is 6.04. The molecule has 20 heavy (non-hydrogen) atoms. The molecule has 2 aromatic rings. The van der Waals surface area contributed by atoms with Crippen molar-refractivity contribution in [3.8, 4) is 0 Å². The van der Waals surface area contributed by atoms with E-state index in [2.05, 4.69) is 15.2 Å². The van der Waals surface area contributed by atoms with Gasteiger partial charge < -0.3 is 10.2 Å². The Labute approximate surface area is 126 Å². The van der Waals surface area contributed by atoms with Crippen LogP contribution < -0.4 is 10.2 Å². The molecule has 0 radical (unpaired) electrons. The van der Waals surface area contributed by atoms with Crippen molar-refractivity contribution in [2.24, 2.45) is 0 Å². The van der Waals surface area contributed by atoms with E-state index in [1.54, 1.807) is 41.8 Å². The molecule has 1 saturated heterocycles. The number of amides is 1. The Morgan fingerprint density at radius 1 is 1.50 bits per heavy atom. The van der Waals surface area contributed by atoms with E-state index in [1.165, 1.54) is 0 Å². The highest BCUT2D eigenvalue weighted by Crippen LogP contribution is 2.22. The third kappa shape index (κ3) is 2.94. The molecule has 3 rings (SSSR count). The Morgan fingerprint density at radius 3 is 3.15 bits per heavy atom. The Hall–Kier alpha value is -1.59. The van der Waals surface area contributed by atoms with Gasteiger partial charge in [0, 0.05) is 41.3 Å². The molecule has 0 bridgehead atoms. The summed E-state index contributed by atoms with van der Waals surface area (Å²) in [5.41, 5.74) is 0.602. The highest BCUT2D eigenvalue weighted by atomic mass is 35.5. The highest BCUT2D eigenvalue weighted by molar-refractivity contribution is 7.13. The molecule has 1 fully saturated rings. The van der Waals surface area contributed by atoms with E-state index < -0.39 is 0 Å². The number of carbonyl (C=O) groups is 1. The third-order valence-electron chi connectivity index (χ3n) is 3.30. The summed E-state index contributed by atoms with van der Waals surface area (Å²) < 4.78 is 0. The summed E-state index contributed by atoms with van der Waals surface area (Å²) in [6.07, 6.45) is 2.74. The quantitative estimate of drug-likeness (QED) is 0.948. The zero-order chi connectivity index (χ0) is 13.9. The third-order valence-corrected chi connectivity index (χ3v) is 4.37. The fourth-order valence-electron chi connectivity index (χ4n) is 2.32. The zero-order valence-corrected chi connectivity index (χ0v) is 12.3. The van der Waals surface area contributed by atoms with Gasteiger partial charge in [0.2, 0.25) is 0 Å². The molecule has 4 nitrogen and oxygen atoms in total. The molecule has 104 valence electrons. The van der Waals surface area contributed by atoms with Crippen LogP contribution in [0.4, 0.5) is 5.13 Å². The number of aromatic nitrogens is 1. The lowest BCUT2D eigenvalue weighted by atomic mass is 10.2. The number of nitrogens with one attached hydrogen (secondary N) is 1. The van der Waals surface area contributed by atoms with Crippen LogP contribution in [0.25, 0.3) is 0 Å². The maximum Gasteiger partial charge on any atom is 0.251 e. The van der Waals surface area contributed by atoms with Gasteiger partial charge in [0.25, 0.3) is 5.91 Å². The number of carbonyl (C=O) groups excluding carboxylic acids is 1. The number of nitrogens with zero attached hydrogens (tertiary/aromatic N) is 2. The number of hydrogen-bond donors (Lipinski definition) is 1. The zero-order valence-electron chi connectivity index (χ0n) is 10.8. The molecule has 1 unspecified atom stereocenters. The van der Waals surface area contributed by atoms with Crippen molar-refractivity contribution in [3.63, 3.8) is 0 Å². The summed E-state index contributed by atoms with van der Waals surface area (Å²) in [7, 11) is 0. The maximum absolute atomic E-state index is 12.1. The van der Waals surface area contributed by atoms with Crippen LogP contribution in [-0.4, -0.2) is 30.0 Å². The van der Waals surface area contributed by atoms with Gasteiger partial charge in [-0.1, -0.05) is 17.7 Å². The highest BCUT2D eigenvalue weighted by Gasteiger charge is 2.25. The number of rotatable bonds is 3. The van der Waals surface area contributed by atoms with E-state index in [4.69, 9.17) is 11.6 Å². The summed E-state index contributed by atoms with van der Waals surface area (Å²) in [5.74, 6) is -0.0708. The van der Waals surface area contributed by atoms with Gasteiger partial charge >= 0.3 is 0 Å². The Morgan fingerprint density at radius 2 is 2.40 bits per heavy atom. The van der Waals surface area contributed by atoms with Gasteiger partial charge in [-0.2, -0.15) is 0 Å². The van der Waals surface area contributed by atoms with Crippen molar-refractivity contribution in [1.29, 1.82) is 0 Å². The van der Waals surface area contributed by atoms with Gasteiger partial charge in [-0.3, -0.25) is 4.79 Å². The largest absolute Gasteiger partial charge is 0.347 e. The molecule has 1 aliphatic rings. The van der Waals surface area contributed by atoms with Crippen LogP contribution in [0.2, 0.25) is 5.02 Å². The summed E-state index contributed by atoms with van der Waals surface area (Å²) in [6.45, 7) is 1.73. The van der Waals surface area contributed by atoms with E-state index in [0.717, 1.165) is 24.6 Å². The molecule has 1 aliphatic heterocycles. The van der Waals surface area contributed by atoms with Crippen LogP contribution in [0.1, 0.15) is 16.8 Å². The van der Waals surface area contributed by atoms with Gasteiger partial charge in [-0.05, 0) is 24.6 Å². The lowest BCUT2D eigenvalue weighted by Gasteiger charge is -2.15. The molecule has 2 heterocycles. The van der Waals surface area contributed by atoms with Gasteiger partial charge in [0.15, 0.2) is 5.13 Å². The summed E-state index contributed by atoms with van der Waals surface area (Å²) in [4.78, 5) is 18.6. The smallest absolute Gasteiger partial charge is 0.251 e. The standard InChI is InChI=1S/C14H14ClN3OS/c15-11-3-1-2-10(8-11)13(19)17-12-4-6-18(9-12)14-16-5-7-20-14/h1-3,5,7-8,12H,4,6,9H2,(H,17,19). The minimum absolute atomic E-state index is 0.0708. The Kier molecular flexibility index (Phi) is 3.89. The summed E-state index contributed by atoms with van der Waals surface area (Å²) in [6, 6.07) is 7.16. The van der Waals surface area contributed by atoms with Crippen LogP contribution in [0, 0.1) is 0 Å². The number of hydrogen-bond acceptors (Lipinski definition) is 4. The van der Waals surface area contributed by atoms with Crippen LogP contribution in [0.5, 0.6) is 0 Å². The van der Waals surface area contributed by atoms with Crippen LogP contribution in [-0.2, 0) is 0 Å². The van der Waals surface area contributed by atoms with Crippen molar-refractivity contribution < 1.29 is 4.79 Å². The second-order valence-electron chi connectivity index (χ2n) is 4.73. The topological polar surface area (TPSA) is 45.2 Å². The normalized spacial score (nSPS) is 18.2. The van der Waals surface area contributed by atoms with E-state index in [9.17, 15) is 4.79 Å². The molecular weight excluding hydrogens is 294 g/mol. The molecule has 0 spiro atoms.